The van der Waals surface area contributed by atoms with Crippen molar-refractivity contribution in [3.8, 4) is 0 Å². The molecule has 1 unspecified atom stereocenters. The first kappa shape index (κ1) is 22.8. The molecule has 1 aliphatic carbocycles. The Hall–Kier alpha value is -1.24. The zero-order valence-electron chi connectivity index (χ0n) is 15.8. The second kappa shape index (κ2) is 10.8. The number of carbonyl (C=O) groups is 2. The monoisotopic (exact) mass is 392 g/mol. The second-order valence-electron chi connectivity index (χ2n) is 7.71. The maximum Gasteiger partial charge on any atom is 0.511 e. The summed E-state index contributed by atoms with van der Waals surface area (Å²) in [5, 5.41) is 12.7. The molecule has 0 radical (unpaired) electrons. The third-order valence-electron chi connectivity index (χ3n) is 4.48. The number of amides is 1. The quantitative estimate of drug-likeness (QED) is 0.330. The Kier molecular flexibility index (Phi) is 9.47. The van der Waals surface area contributed by atoms with Gasteiger partial charge in [0.15, 0.2) is 0 Å². The fourth-order valence-electron chi connectivity index (χ4n) is 3.01. The van der Waals surface area contributed by atoms with Crippen LogP contribution in [0.25, 0.3) is 0 Å². The number of ether oxygens (including phenoxy) is 2. The lowest BCUT2D eigenvalue weighted by atomic mass is 9.84. The Morgan fingerprint density at radius 1 is 1.19 bits per heavy atom. The minimum absolute atomic E-state index is 0.0381. The Morgan fingerprint density at radius 2 is 1.81 bits per heavy atom. The Balaban J connectivity index is 2.30. The smallest absolute Gasteiger partial charge is 0.427 e. The summed E-state index contributed by atoms with van der Waals surface area (Å²) in [6.45, 7) is 4.67. The molecule has 0 heterocycles. The Morgan fingerprint density at radius 3 is 2.35 bits per heavy atom. The van der Waals surface area contributed by atoms with E-state index in [1.54, 1.807) is 20.8 Å². The third kappa shape index (κ3) is 7.98. The average molecular weight is 392 g/mol. The number of esters is 1. The molecular weight excluding hydrogens is 361 g/mol. The zero-order valence-corrected chi connectivity index (χ0v) is 16.7. The molecule has 26 heavy (non-hydrogen) atoms. The summed E-state index contributed by atoms with van der Waals surface area (Å²) in [5.74, 6) is -0.445. The number of hydrogen-bond donors (Lipinski definition) is 3. The van der Waals surface area contributed by atoms with Gasteiger partial charge in [-0.15, -0.1) is 0 Å². The topological polar surface area (TPSA) is 122 Å². The molecule has 0 bridgehead atoms. The van der Waals surface area contributed by atoms with Gasteiger partial charge >= 0.3 is 20.1 Å². The van der Waals surface area contributed by atoms with Gasteiger partial charge in [-0.25, -0.2) is 4.79 Å². The van der Waals surface area contributed by atoms with Crippen LogP contribution >= 0.6 is 8.03 Å². The van der Waals surface area contributed by atoms with Crippen molar-refractivity contribution in [3.05, 3.63) is 0 Å². The Bertz CT molecular complexity index is 486. The molecular formula is C17H31NO7P+. The molecule has 0 aromatic rings. The van der Waals surface area contributed by atoms with E-state index in [1.165, 1.54) is 0 Å². The van der Waals surface area contributed by atoms with Gasteiger partial charge in [0.05, 0.1) is 5.41 Å². The van der Waals surface area contributed by atoms with Crippen molar-refractivity contribution in [1.82, 2.24) is 5.32 Å². The Labute approximate surface area is 155 Å². The summed E-state index contributed by atoms with van der Waals surface area (Å²) in [5.41, 5.74) is -1.35. The zero-order chi connectivity index (χ0) is 19.7. The van der Waals surface area contributed by atoms with E-state index in [4.69, 9.17) is 9.47 Å². The standard InChI is InChI=1S/C17H30NO7P/c1-17(2,3)15(20)24-11-25-16(21)18-10-9-13(19)14(26(22)23)12-7-5-4-6-8-12/h12-14,19H,4-11H2,1-3H3,(H-,18,21,22,23)/p+1/t13-,14-/m1/s1. The van der Waals surface area contributed by atoms with Crippen LogP contribution in [0.3, 0.4) is 0 Å². The maximum absolute atomic E-state index is 11.7. The molecule has 0 saturated heterocycles. The van der Waals surface area contributed by atoms with Crippen molar-refractivity contribution < 1.29 is 33.6 Å². The van der Waals surface area contributed by atoms with E-state index in [9.17, 15) is 24.2 Å². The van der Waals surface area contributed by atoms with Crippen molar-refractivity contribution in [2.45, 2.75) is 71.1 Å². The lowest BCUT2D eigenvalue weighted by Crippen LogP contribution is -2.36. The van der Waals surface area contributed by atoms with Gasteiger partial charge in [0.2, 0.25) is 12.5 Å². The van der Waals surface area contributed by atoms with Gasteiger partial charge in [0.25, 0.3) is 0 Å². The number of alkyl carbamates (subject to hydrolysis) is 1. The van der Waals surface area contributed by atoms with Gasteiger partial charge in [-0.2, -0.15) is 4.89 Å². The van der Waals surface area contributed by atoms with Gasteiger partial charge in [-0.1, -0.05) is 19.3 Å². The summed E-state index contributed by atoms with van der Waals surface area (Å²) >= 11 is 0. The minimum atomic E-state index is -2.49. The molecule has 1 saturated carbocycles. The molecule has 1 rings (SSSR count). The highest BCUT2D eigenvalue weighted by molar-refractivity contribution is 7.39. The van der Waals surface area contributed by atoms with Gasteiger partial charge in [-0.05, 0) is 44.6 Å². The van der Waals surface area contributed by atoms with Crippen LogP contribution in [0, 0.1) is 11.3 Å². The highest BCUT2D eigenvalue weighted by Crippen LogP contribution is 2.40. The molecule has 3 atom stereocenters. The van der Waals surface area contributed by atoms with E-state index in [0.717, 1.165) is 32.1 Å². The molecule has 0 aliphatic heterocycles. The van der Waals surface area contributed by atoms with Gasteiger partial charge in [0.1, 0.15) is 6.10 Å². The predicted molar refractivity (Wildman–Crippen MR) is 95.7 cm³/mol. The number of aliphatic hydroxyl groups excluding tert-OH is 1. The van der Waals surface area contributed by atoms with Crippen molar-refractivity contribution in [2.24, 2.45) is 11.3 Å². The van der Waals surface area contributed by atoms with Crippen molar-refractivity contribution in [3.63, 3.8) is 0 Å². The first-order valence-electron chi connectivity index (χ1n) is 9.04. The van der Waals surface area contributed by atoms with E-state index in [0.29, 0.717) is 0 Å². The molecule has 8 nitrogen and oxygen atoms in total. The average Bonchev–Trinajstić information content (AvgIpc) is 2.54. The van der Waals surface area contributed by atoms with Crippen molar-refractivity contribution >= 4 is 20.1 Å². The van der Waals surface area contributed by atoms with Crippen LogP contribution in [0.4, 0.5) is 4.79 Å². The molecule has 1 fully saturated rings. The number of carbonyl (C=O) groups excluding carboxylic acids is 2. The van der Waals surface area contributed by atoms with E-state index < -0.39 is 44.1 Å². The van der Waals surface area contributed by atoms with E-state index in [-0.39, 0.29) is 18.9 Å². The van der Waals surface area contributed by atoms with Crippen LogP contribution in [0.2, 0.25) is 0 Å². The van der Waals surface area contributed by atoms with Gasteiger partial charge in [-0.3, -0.25) is 4.79 Å². The van der Waals surface area contributed by atoms with Crippen LogP contribution < -0.4 is 5.32 Å². The van der Waals surface area contributed by atoms with Crippen LogP contribution in [-0.2, 0) is 18.8 Å². The summed E-state index contributed by atoms with van der Waals surface area (Å²) in [4.78, 5) is 32.6. The molecule has 1 amide bonds. The minimum Gasteiger partial charge on any atom is -0.427 e. The molecule has 1 aliphatic rings. The van der Waals surface area contributed by atoms with Gasteiger partial charge < -0.3 is 19.9 Å². The molecule has 0 spiro atoms. The normalized spacial score (nSPS) is 18.6. The summed E-state index contributed by atoms with van der Waals surface area (Å²) in [7, 11) is -2.49. The fourth-order valence-corrected chi connectivity index (χ4v) is 4.12. The summed E-state index contributed by atoms with van der Waals surface area (Å²) < 4.78 is 21.2. The van der Waals surface area contributed by atoms with Crippen molar-refractivity contribution in [1.29, 1.82) is 0 Å². The molecule has 150 valence electrons. The maximum atomic E-state index is 11.7. The van der Waals surface area contributed by atoms with Crippen molar-refractivity contribution in [2.75, 3.05) is 13.3 Å². The van der Waals surface area contributed by atoms with Gasteiger partial charge in [0, 0.05) is 12.5 Å². The van der Waals surface area contributed by atoms with E-state index >= 15 is 0 Å². The van der Waals surface area contributed by atoms with Crippen LogP contribution in [-0.4, -0.2) is 47.2 Å². The van der Waals surface area contributed by atoms with Crippen LogP contribution in [0.5, 0.6) is 0 Å². The summed E-state index contributed by atoms with van der Waals surface area (Å²) in [6.07, 6.45) is 3.24. The van der Waals surface area contributed by atoms with E-state index in [1.807, 2.05) is 0 Å². The molecule has 9 heteroatoms. The number of rotatable bonds is 8. The highest BCUT2D eigenvalue weighted by Gasteiger charge is 2.43. The third-order valence-corrected chi connectivity index (χ3v) is 5.76. The lowest BCUT2D eigenvalue weighted by Gasteiger charge is -2.25. The number of hydrogen-bond acceptors (Lipinski definition) is 6. The lowest BCUT2D eigenvalue weighted by molar-refractivity contribution is -0.161. The van der Waals surface area contributed by atoms with E-state index in [2.05, 4.69) is 5.32 Å². The largest absolute Gasteiger partial charge is 0.511 e. The molecule has 0 aromatic carbocycles. The molecule has 3 N–H and O–H groups in total. The summed E-state index contributed by atoms with van der Waals surface area (Å²) in [6, 6.07) is 0. The first-order valence-corrected chi connectivity index (χ1v) is 10.3. The first-order chi connectivity index (χ1) is 12.1. The second-order valence-corrected chi connectivity index (χ2v) is 8.91. The highest BCUT2D eigenvalue weighted by atomic mass is 31.1. The van der Waals surface area contributed by atoms with Crippen LogP contribution in [0.15, 0.2) is 0 Å². The fraction of sp³-hybridized carbons (Fsp3) is 0.882. The number of aliphatic hydroxyl groups is 1. The van der Waals surface area contributed by atoms with Crippen LogP contribution in [0.1, 0.15) is 59.3 Å². The predicted octanol–water partition coefficient (Wildman–Crippen LogP) is 2.69. The molecule has 0 aromatic heterocycles. The number of nitrogens with one attached hydrogen (secondary N) is 1. The SMILES string of the molecule is CC(C)(C)C(=O)OCOC(=O)NCC[C@@H](O)[C@@H](C1CCCCC1)[P+](=O)O.